The van der Waals surface area contributed by atoms with Crippen molar-refractivity contribution in [3.05, 3.63) is 29.3 Å². The van der Waals surface area contributed by atoms with E-state index < -0.39 is 10.5 Å². The van der Waals surface area contributed by atoms with E-state index in [4.69, 9.17) is 0 Å². The quantitative estimate of drug-likeness (QED) is 0.614. The zero-order valence-corrected chi connectivity index (χ0v) is 13.4. The third-order valence-corrected chi connectivity index (χ3v) is 4.13. The molecule has 22 heavy (non-hydrogen) atoms. The number of benzene rings is 1. The molecule has 0 amide bonds. The minimum atomic E-state index is -5.08. The molecule has 2 rings (SSSR count). The minimum Gasteiger partial charge on any atom is -0.358 e. The number of likely N-dealkylation sites (tertiary alicyclic amines) is 1. The van der Waals surface area contributed by atoms with Gasteiger partial charge in [-0.25, -0.2) is 0 Å². The molecule has 0 bridgehead atoms. The number of hydrogen-bond donors (Lipinski definition) is 0. The second-order valence-corrected chi connectivity index (χ2v) is 6.50. The fraction of sp³-hybridized carbons (Fsp3) is 0.533. The second kappa shape index (κ2) is 7.19. The van der Waals surface area contributed by atoms with Crippen LogP contribution < -0.4 is 4.18 Å². The average molecular weight is 329 g/mol. The number of carbonyl (C=O) groups is 1. The Morgan fingerprint density at radius 3 is 2.41 bits per heavy atom. The Kier molecular flexibility index (Phi) is 5.52. The molecule has 0 atom stereocenters. The van der Waals surface area contributed by atoms with Crippen LogP contribution in [0.2, 0.25) is 0 Å². The molecule has 0 aliphatic carbocycles. The van der Waals surface area contributed by atoms with Gasteiger partial charge in [-0.1, -0.05) is 16.7 Å². The monoisotopic (exact) mass is 329 g/mol. The summed E-state index contributed by atoms with van der Waals surface area (Å²) in [5.74, 6) is -0.191. The first-order valence-electron chi connectivity index (χ1n) is 7.35. The molecule has 0 radical (unpaired) electrons. The van der Waals surface area contributed by atoms with Gasteiger partial charge in [-0.3, -0.25) is 9.69 Å². The molecule has 0 aromatic heterocycles. The first-order chi connectivity index (χ1) is 10.3. The number of nitrogens with zero attached hydrogens (tertiary/aromatic N) is 1. The summed E-state index contributed by atoms with van der Waals surface area (Å²) in [6.07, 6.45) is 4.49. The number of hydrogen-bond acceptors (Lipinski definition) is 5. The molecular weight excluding hydrogens is 309 g/mol. The van der Waals surface area contributed by atoms with Crippen LogP contribution in [0, 0.1) is 0 Å². The lowest BCUT2D eigenvalue weighted by molar-refractivity contribution is 0.101. The topological polar surface area (TPSA) is 63.7 Å². The van der Waals surface area contributed by atoms with Gasteiger partial charge in [0.15, 0.2) is 5.78 Å². The van der Waals surface area contributed by atoms with Crippen molar-refractivity contribution in [3.63, 3.8) is 0 Å². The number of rotatable bonds is 5. The first kappa shape index (κ1) is 16.9. The molecular formula is C15H20FNO4S. The number of ketones is 1. The van der Waals surface area contributed by atoms with Gasteiger partial charge < -0.3 is 4.18 Å². The van der Waals surface area contributed by atoms with Crippen molar-refractivity contribution in [3.8, 4) is 5.75 Å². The fourth-order valence-electron chi connectivity index (χ4n) is 2.65. The van der Waals surface area contributed by atoms with Gasteiger partial charge in [0.1, 0.15) is 5.75 Å². The van der Waals surface area contributed by atoms with E-state index in [1.54, 1.807) is 6.07 Å². The molecule has 1 fully saturated rings. The van der Waals surface area contributed by atoms with Crippen LogP contribution >= 0.6 is 0 Å². The summed E-state index contributed by atoms with van der Waals surface area (Å²) >= 11 is 0. The van der Waals surface area contributed by atoms with E-state index in [1.165, 1.54) is 31.9 Å². The Morgan fingerprint density at radius 1 is 1.23 bits per heavy atom. The zero-order valence-electron chi connectivity index (χ0n) is 12.5. The molecule has 0 N–H and O–H groups in total. The van der Waals surface area contributed by atoms with Crippen molar-refractivity contribution >= 4 is 16.3 Å². The van der Waals surface area contributed by atoms with Crippen LogP contribution in [0.25, 0.3) is 0 Å². The third kappa shape index (κ3) is 5.06. The molecule has 7 heteroatoms. The predicted octanol–water partition coefficient (Wildman–Crippen LogP) is 2.86. The van der Waals surface area contributed by atoms with E-state index in [9.17, 15) is 17.1 Å². The molecule has 0 unspecified atom stereocenters. The molecule has 5 nitrogen and oxygen atoms in total. The molecule has 1 aliphatic heterocycles. The Morgan fingerprint density at radius 2 is 1.86 bits per heavy atom. The van der Waals surface area contributed by atoms with Crippen LogP contribution in [-0.2, 0) is 17.0 Å². The predicted molar refractivity (Wildman–Crippen MR) is 80.8 cm³/mol. The number of Topliss-reactive ketones (excluding diaryl/α,β-unsaturated/α-hetero) is 1. The maximum atomic E-state index is 12.8. The highest BCUT2D eigenvalue weighted by atomic mass is 32.3. The summed E-state index contributed by atoms with van der Waals surface area (Å²) in [6.45, 7) is 3.65. The molecule has 1 saturated heterocycles. The second-order valence-electron chi connectivity index (χ2n) is 5.55. The van der Waals surface area contributed by atoms with Crippen molar-refractivity contribution in [2.45, 2.75) is 39.2 Å². The van der Waals surface area contributed by atoms with Crippen LogP contribution in [0.4, 0.5) is 3.89 Å². The summed E-state index contributed by atoms with van der Waals surface area (Å²) in [5.41, 5.74) is 0.962. The Bertz CT molecular complexity index is 637. The minimum absolute atomic E-state index is 0.0586. The van der Waals surface area contributed by atoms with Gasteiger partial charge in [-0.15, -0.1) is 0 Å². The van der Waals surface area contributed by atoms with Crippen molar-refractivity contribution in [1.29, 1.82) is 0 Å². The molecule has 0 saturated carbocycles. The van der Waals surface area contributed by atoms with Gasteiger partial charge in [0, 0.05) is 17.7 Å². The number of carbonyl (C=O) groups excluding carboxylic acids is 1. The van der Waals surface area contributed by atoms with E-state index >= 15 is 0 Å². The normalized spacial score (nSPS) is 17.0. The van der Waals surface area contributed by atoms with Crippen LogP contribution in [0.15, 0.2) is 18.2 Å². The van der Waals surface area contributed by atoms with Crippen molar-refractivity contribution in [1.82, 2.24) is 4.90 Å². The van der Waals surface area contributed by atoms with Crippen LogP contribution in [0.5, 0.6) is 5.75 Å². The summed E-state index contributed by atoms with van der Waals surface area (Å²) in [7, 11) is -5.08. The fourth-order valence-corrected chi connectivity index (χ4v) is 3.02. The standard InChI is InChI=1S/C15H20FNO4S/c1-12(18)13-6-7-15(21-22(16,19)20)14(10-13)11-17-8-4-2-3-5-9-17/h6-7,10H,2-5,8-9,11H2,1H3. The summed E-state index contributed by atoms with van der Waals surface area (Å²) < 4.78 is 38.7. The van der Waals surface area contributed by atoms with Crippen molar-refractivity contribution < 1.29 is 21.3 Å². The first-order valence-corrected chi connectivity index (χ1v) is 8.66. The van der Waals surface area contributed by atoms with Gasteiger partial charge >= 0.3 is 10.5 Å². The largest absolute Gasteiger partial charge is 0.488 e. The van der Waals surface area contributed by atoms with Crippen LogP contribution in [-0.4, -0.2) is 32.2 Å². The molecule has 1 aromatic rings. The Labute approximate surface area is 130 Å². The molecule has 122 valence electrons. The lowest BCUT2D eigenvalue weighted by Crippen LogP contribution is -2.24. The Balaban J connectivity index is 2.27. The van der Waals surface area contributed by atoms with Crippen molar-refractivity contribution in [2.24, 2.45) is 0 Å². The average Bonchev–Trinajstić information content (AvgIpc) is 2.67. The lowest BCUT2D eigenvalue weighted by Gasteiger charge is -2.21. The van der Waals surface area contributed by atoms with Gasteiger partial charge in [0.05, 0.1) is 0 Å². The van der Waals surface area contributed by atoms with Gasteiger partial charge in [-0.05, 0) is 51.1 Å². The summed E-state index contributed by atoms with van der Waals surface area (Å²) in [5, 5.41) is 0. The maximum Gasteiger partial charge on any atom is 0.488 e. The van der Waals surface area contributed by atoms with E-state index in [2.05, 4.69) is 9.08 Å². The number of halogens is 1. The van der Waals surface area contributed by atoms with E-state index in [-0.39, 0.29) is 11.5 Å². The van der Waals surface area contributed by atoms with E-state index in [0.717, 1.165) is 25.9 Å². The zero-order chi connectivity index (χ0) is 16.2. The summed E-state index contributed by atoms with van der Waals surface area (Å²) in [6, 6.07) is 4.35. The Hall–Kier alpha value is -1.47. The third-order valence-electron chi connectivity index (χ3n) is 3.75. The highest BCUT2D eigenvalue weighted by molar-refractivity contribution is 7.81. The molecule has 1 aromatic carbocycles. The van der Waals surface area contributed by atoms with Gasteiger partial charge in [-0.2, -0.15) is 8.42 Å². The highest BCUT2D eigenvalue weighted by Crippen LogP contribution is 2.25. The van der Waals surface area contributed by atoms with Gasteiger partial charge in [0.25, 0.3) is 0 Å². The maximum absolute atomic E-state index is 12.8. The highest BCUT2D eigenvalue weighted by Gasteiger charge is 2.18. The summed E-state index contributed by atoms with van der Waals surface area (Å²) in [4.78, 5) is 13.7. The van der Waals surface area contributed by atoms with Crippen molar-refractivity contribution in [2.75, 3.05) is 13.1 Å². The van der Waals surface area contributed by atoms with E-state index in [0.29, 0.717) is 17.7 Å². The lowest BCUT2D eigenvalue weighted by atomic mass is 10.1. The molecule has 1 heterocycles. The van der Waals surface area contributed by atoms with E-state index in [1.807, 2.05) is 0 Å². The smallest absolute Gasteiger partial charge is 0.358 e. The van der Waals surface area contributed by atoms with Gasteiger partial charge in [0.2, 0.25) is 0 Å². The molecule has 1 aliphatic rings. The SMILES string of the molecule is CC(=O)c1ccc(OS(=O)(=O)F)c(CN2CCCCCC2)c1. The van der Waals surface area contributed by atoms with Crippen LogP contribution in [0.3, 0.4) is 0 Å². The van der Waals surface area contributed by atoms with Crippen LogP contribution in [0.1, 0.15) is 48.5 Å². The molecule has 0 spiro atoms.